The Labute approximate surface area is 156 Å². The van der Waals surface area contributed by atoms with E-state index in [4.69, 9.17) is 9.47 Å². The van der Waals surface area contributed by atoms with Gasteiger partial charge < -0.3 is 20.1 Å². The molecule has 0 saturated heterocycles. The lowest BCUT2D eigenvalue weighted by Crippen LogP contribution is -2.49. The topological polar surface area (TPSA) is 93.7 Å². The monoisotopic (exact) mass is 370 g/mol. The number of carbonyl (C=O) groups excluding carboxylic acids is 3. The first kappa shape index (κ1) is 22.6. The highest BCUT2D eigenvalue weighted by Crippen LogP contribution is 2.27. The van der Waals surface area contributed by atoms with Crippen LogP contribution in [0.4, 0.5) is 0 Å². The number of rotatable bonds is 13. The summed E-state index contributed by atoms with van der Waals surface area (Å²) in [6, 6.07) is 0.0627. The van der Waals surface area contributed by atoms with Crippen molar-refractivity contribution in [3.8, 4) is 0 Å². The van der Waals surface area contributed by atoms with E-state index in [9.17, 15) is 14.4 Å². The zero-order valence-corrected chi connectivity index (χ0v) is 16.5. The van der Waals surface area contributed by atoms with Crippen LogP contribution in [-0.4, -0.2) is 56.1 Å². The average molecular weight is 370 g/mol. The van der Waals surface area contributed by atoms with Crippen molar-refractivity contribution < 1.29 is 23.9 Å². The molecule has 1 aliphatic rings. The number of nitrogens with one attached hydrogen (secondary N) is 2. The normalized spacial score (nSPS) is 19.3. The van der Waals surface area contributed by atoms with Crippen LogP contribution in [-0.2, 0) is 23.9 Å². The molecule has 2 amide bonds. The highest BCUT2D eigenvalue weighted by Gasteiger charge is 2.35. The van der Waals surface area contributed by atoms with Crippen molar-refractivity contribution in [2.75, 3.05) is 26.4 Å². The van der Waals surface area contributed by atoms with Crippen LogP contribution in [0.3, 0.4) is 0 Å². The summed E-state index contributed by atoms with van der Waals surface area (Å²) in [6.45, 7) is 9.33. The molecule has 0 unspecified atom stereocenters. The summed E-state index contributed by atoms with van der Waals surface area (Å²) in [5.74, 6) is 0.116. The van der Waals surface area contributed by atoms with Gasteiger partial charge in [0.15, 0.2) is 0 Å². The van der Waals surface area contributed by atoms with E-state index < -0.39 is 0 Å². The SMILES string of the molecule is CC(C)OCCNC(=O)C1CC(NC(=O)CCOCCC(=O)C(C)C)C1. The molecule has 0 spiro atoms. The number of Topliss-reactive ketones (excluding diaryl/α,β-unsaturated/α-hetero) is 1. The van der Waals surface area contributed by atoms with Gasteiger partial charge in [0.05, 0.1) is 25.9 Å². The van der Waals surface area contributed by atoms with Gasteiger partial charge in [0.1, 0.15) is 5.78 Å². The maximum Gasteiger partial charge on any atom is 0.223 e. The number of amides is 2. The Morgan fingerprint density at radius 2 is 1.65 bits per heavy atom. The van der Waals surface area contributed by atoms with Crippen LogP contribution < -0.4 is 10.6 Å². The van der Waals surface area contributed by atoms with Crippen LogP contribution in [0, 0.1) is 11.8 Å². The predicted molar refractivity (Wildman–Crippen MR) is 98.7 cm³/mol. The van der Waals surface area contributed by atoms with Gasteiger partial charge in [-0.15, -0.1) is 0 Å². The van der Waals surface area contributed by atoms with E-state index in [1.807, 2.05) is 27.7 Å². The second kappa shape index (κ2) is 12.0. The van der Waals surface area contributed by atoms with E-state index >= 15 is 0 Å². The van der Waals surface area contributed by atoms with Gasteiger partial charge >= 0.3 is 0 Å². The molecule has 7 nitrogen and oxygen atoms in total. The van der Waals surface area contributed by atoms with Gasteiger partial charge in [-0.2, -0.15) is 0 Å². The van der Waals surface area contributed by atoms with Crippen LogP contribution in [0.25, 0.3) is 0 Å². The Kier molecular flexibility index (Phi) is 10.4. The van der Waals surface area contributed by atoms with Crippen LogP contribution >= 0.6 is 0 Å². The molecule has 0 radical (unpaired) electrons. The Hall–Kier alpha value is -1.47. The summed E-state index contributed by atoms with van der Waals surface area (Å²) in [6.07, 6.45) is 2.17. The largest absolute Gasteiger partial charge is 0.380 e. The van der Waals surface area contributed by atoms with Gasteiger partial charge in [-0.05, 0) is 26.7 Å². The number of ether oxygens (including phenoxy) is 2. The molecular weight excluding hydrogens is 336 g/mol. The minimum atomic E-state index is -0.0747. The van der Waals surface area contributed by atoms with E-state index in [-0.39, 0.29) is 48.0 Å². The molecule has 0 heterocycles. The van der Waals surface area contributed by atoms with Crippen molar-refractivity contribution in [1.29, 1.82) is 0 Å². The number of hydrogen-bond acceptors (Lipinski definition) is 5. The molecule has 1 aliphatic carbocycles. The van der Waals surface area contributed by atoms with Gasteiger partial charge in [-0.3, -0.25) is 14.4 Å². The molecule has 1 rings (SSSR count). The van der Waals surface area contributed by atoms with Gasteiger partial charge in [0.25, 0.3) is 0 Å². The molecule has 7 heteroatoms. The first-order chi connectivity index (χ1) is 12.3. The number of hydrogen-bond donors (Lipinski definition) is 2. The molecule has 0 aromatic rings. The Morgan fingerprint density at radius 3 is 2.27 bits per heavy atom. The molecule has 0 aromatic carbocycles. The molecule has 2 N–H and O–H groups in total. The maximum atomic E-state index is 11.9. The predicted octanol–water partition coefficient (Wildman–Crippen LogP) is 1.44. The lowest BCUT2D eigenvalue weighted by atomic mass is 9.79. The van der Waals surface area contributed by atoms with Gasteiger partial charge in [-0.25, -0.2) is 0 Å². The Bertz CT molecular complexity index is 459. The minimum Gasteiger partial charge on any atom is -0.380 e. The average Bonchev–Trinajstić information content (AvgIpc) is 2.53. The van der Waals surface area contributed by atoms with Crippen molar-refractivity contribution in [3.05, 3.63) is 0 Å². The van der Waals surface area contributed by atoms with Crippen LogP contribution in [0.5, 0.6) is 0 Å². The van der Waals surface area contributed by atoms with Gasteiger partial charge in [0.2, 0.25) is 11.8 Å². The van der Waals surface area contributed by atoms with Crippen molar-refractivity contribution >= 4 is 17.6 Å². The fourth-order valence-electron chi connectivity index (χ4n) is 2.59. The molecule has 0 aromatic heterocycles. The number of ketones is 1. The molecule has 150 valence electrons. The molecule has 1 fully saturated rings. The van der Waals surface area contributed by atoms with Crippen molar-refractivity contribution in [1.82, 2.24) is 10.6 Å². The Morgan fingerprint density at radius 1 is 1.00 bits per heavy atom. The number of carbonyl (C=O) groups is 3. The van der Waals surface area contributed by atoms with Crippen LogP contribution in [0.1, 0.15) is 53.4 Å². The first-order valence-corrected chi connectivity index (χ1v) is 9.58. The van der Waals surface area contributed by atoms with Crippen molar-refractivity contribution in [2.45, 2.75) is 65.5 Å². The van der Waals surface area contributed by atoms with E-state index in [2.05, 4.69) is 10.6 Å². The molecule has 1 saturated carbocycles. The summed E-state index contributed by atoms with van der Waals surface area (Å²) in [4.78, 5) is 35.2. The van der Waals surface area contributed by atoms with E-state index in [0.29, 0.717) is 45.6 Å². The fraction of sp³-hybridized carbons (Fsp3) is 0.842. The maximum absolute atomic E-state index is 11.9. The summed E-state index contributed by atoms with van der Waals surface area (Å²) in [5.41, 5.74) is 0. The molecular formula is C19H34N2O5. The van der Waals surface area contributed by atoms with E-state index in [1.165, 1.54) is 0 Å². The molecule has 0 atom stereocenters. The van der Waals surface area contributed by atoms with Crippen molar-refractivity contribution in [2.24, 2.45) is 11.8 Å². The third kappa shape index (κ3) is 9.29. The summed E-state index contributed by atoms with van der Waals surface area (Å²) >= 11 is 0. The standard InChI is InChI=1S/C19H34N2O5/c1-13(2)17(22)5-8-25-9-6-18(23)21-16-11-15(12-16)19(24)20-7-10-26-14(3)4/h13-16H,5-12H2,1-4H3,(H,20,24)(H,21,23). The lowest BCUT2D eigenvalue weighted by Gasteiger charge is -2.34. The lowest BCUT2D eigenvalue weighted by molar-refractivity contribution is -0.131. The van der Waals surface area contributed by atoms with Crippen LogP contribution in [0.2, 0.25) is 0 Å². The van der Waals surface area contributed by atoms with Crippen molar-refractivity contribution in [3.63, 3.8) is 0 Å². The van der Waals surface area contributed by atoms with E-state index in [1.54, 1.807) is 0 Å². The summed E-state index contributed by atoms with van der Waals surface area (Å²) in [7, 11) is 0. The second-order valence-corrected chi connectivity index (χ2v) is 7.38. The third-order valence-electron chi connectivity index (χ3n) is 4.34. The van der Waals surface area contributed by atoms with Gasteiger partial charge in [0, 0.05) is 37.3 Å². The fourth-order valence-corrected chi connectivity index (χ4v) is 2.59. The highest BCUT2D eigenvalue weighted by atomic mass is 16.5. The van der Waals surface area contributed by atoms with E-state index in [0.717, 1.165) is 0 Å². The summed E-state index contributed by atoms with van der Waals surface area (Å²) < 4.78 is 10.7. The molecule has 26 heavy (non-hydrogen) atoms. The highest BCUT2D eigenvalue weighted by molar-refractivity contribution is 5.81. The summed E-state index contributed by atoms with van der Waals surface area (Å²) in [5, 5.41) is 5.77. The third-order valence-corrected chi connectivity index (χ3v) is 4.34. The first-order valence-electron chi connectivity index (χ1n) is 9.58. The second-order valence-electron chi connectivity index (χ2n) is 7.38. The van der Waals surface area contributed by atoms with Crippen LogP contribution in [0.15, 0.2) is 0 Å². The molecule has 0 bridgehead atoms. The smallest absolute Gasteiger partial charge is 0.223 e. The minimum absolute atomic E-state index is 0.0217. The van der Waals surface area contributed by atoms with Gasteiger partial charge in [-0.1, -0.05) is 13.8 Å². The zero-order chi connectivity index (χ0) is 19.5. The quantitative estimate of drug-likeness (QED) is 0.479. The molecule has 0 aliphatic heterocycles. The zero-order valence-electron chi connectivity index (χ0n) is 16.5. The Balaban J connectivity index is 2.01.